The average molecular weight is 294 g/mol. The van der Waals surface area contributed by atoms with Gasteiger partial charge in [0.1, 0.15) is 0 Å². The number of carbonyl (C=O) groups excluding carboxylic acids is 1. The second kappa shape index (κ2) is 8.49. The summed E-state index contributed by atoms with van der Waals surface area (Å²) in [5.74, 6) is -0.0803. The number of ether oxygens (including phenoxy) is 1. The lowest BCUT2D eigenvalue weighted by molar-refractivity contribution is 0.0690. The van der Waals surface area contributed by atoms with Crippen LogP contribution in [0.3, 0.4) is 0 Å². The summed E-state index contributed by atoms with van der Waals surface area (Å²) in [6, 6.07) is 4.98. The van der Waals surface area contributed by atoms with Crippen LogP contribution in [0.5, 0.6) is 0 Å². The van der Waals surface area contributed by atoms with Gasteiger partial charge in [-0.2, -0.15) is 0 Å². The van der Waals surface area contributed by atoms with Crippen LogP contribution < -0.4 is 11.5 Å². The van der Waals surface area contributed by atoms with Crippen molar-refractivity contribution >= 4 is 17.3 Å². The molecule has 0 spiro atoms. The number of methoxy groups -OCH3 is 1. The van der Waals surface area contributed by atoms with Crippen molar-refractivity contribution in [2.75, 3.05) is 58.9 Å². The topological polar surface area (TPSA) is 84.8 Å². The predicted octanol–water partition coefficient (Wildman–Crippen LogP) is 0.891. The maximum absolute atomic E-state index is 12.6. The molecule has 1 aromatic rings. The fourth-order valence-electron chi connectivity index (χ4n) is 2.04. The molecule has 0 saturated heterocycles. The van der Waals surface area contributed by atoms with Crippen LogP contribution in [0.15, 0.2) is 18.2 Å². The van der Waals surface area contributed by atoms with Gasteiger partial charge in [-0.15, -0.1) is 0 Å². The van der Waals surface area contributed by atoms with Gasteiger partial charge in [0.2, 0.25) is 0 Å². The maximum Gasteiger partial charge on any atom is 0.256 e. The van der Waals surface area contributed by atoms with Crippen molar-refractivity contribution in [3.8, 4) is 0 Å². The molecule has 0 aliphatic heterocycles. The zero-order valence-electron chi connectivity index (χ0n) is 13.1. The molecule has 0 bridgehead atoms. The van der Waals surface area contributed by atoms with Crippen LogP contribution in [0.4, 0.5) is 11.4 Å². The van der Waals surface area contributed by atoms with Crippen LogP contribution in [-0.4, -0.2) is 63.2 Å². The molecule has 0 heterocycles. The van der Waals surface area contributed by atoms with Crippen molar-refractivity contribution in [2.24, 2.45) is 0 Å². The highest BCUT2D eigenvalue weighted by atomic mass is 16.5. The van der Waals surface area contributed by atoms with Crippen molar-refractivity contribution in [2.45, 2.75) is 6.42 Å². The van der Waals surface area contributed by atoms with Gasteiger partial charge in [-0.25, -0.2) is 0 Å². The lowest BCUT2D eigenvalue weighted by atomic mass is 10.1. The Morgan fingerprint density at radius 1 is 1.19 bits per heavy atom. The number of carbonyl (C=O) groups is 1. The SMILES string of the molecule is COCCN(CCCN(C)C)C(=O)c1ccc(N)cc1N. The maximum atomic E-state index is 12.6. The predicted molar refractivity (Wildman–Crippen MR) is 86.2 cm³/mol. The third-order valence-electron chi connectivity index (χ3n) is 3.19. The van der Waals surface area contributed by atoms with Gasteiger partial charge in [0.25, 0.3) is 5.91 Å². The molecule has 21 heavy (non-hydrogen) atoms. The molecule has 6 nitrogen and oxygen atoms in total. The second-order valence-corrected chi connectivity index (χ2v) is 5.29. The van der Waals surface area contributed by atoms with Gasteiger partial charge in [0.15, 0.2) is 0 Å². The fourth-order valence-corrected chi connectivity index (χ4v) is 2.04. The lowest BCUT2D eigenvalue weighted by Crippen LogP contribution is -2.36. The average Bonchev–Trinajstić information content (AvgIpc) is 2.41. The smallest absolute Gasteiger partial charge is 0.256 e. The highest BCUT2D eigenvalue weighted by Gasteiger charge is 2.17. The monoisotopic (exact) mass is 294 g/mol. The first-order valence-corrected chi connectivity index (χ1v) is 7.03. The van der Waals surface area contributed by atoms with Crippen LogP contribution in [0, 0.1) is 0 Å². The quantitative estimate of drug-likeness (QED) is 0.696. The first kappa shape index (κ1) is 17.3. The van der Waals surface area contributed by atoms with Crippen molar-refractivity contribution in [1.29, 1.82) is 0 Å². The van der Waals surface area contributed by atoms with E-state index >= 15 is 0 Å². The van der Waals surface area contributed by atoms with Crippen LogP contribution in [0.2, 0.25) is 0 Å². The number of rotatable bonds is 8. The zero-order chi connectivity index (χ0) is 15.8. The minimum Gasteiger partial charge on any atom is -0.399 e. The molecule has 0 fully saturated rings. The summed E-state index contributed by atoms with van der Waals surface area (Å²) >= 11 is 0. The molecule has 4 N–H and O–H groups in total. The van der Waals surface area contributed by atoms with Crippen LogP contribution in [0.1, 0.15) is 16.8 Å². The van der Waals surface area contributed by atoms with E-state index in [0.29, 0.717) is 36.6 Å². The second-order valence-electron chi connectivity index (χ2n) is 5.29. The molecule has 0 unspecified atom stereocenters. The molecule has 0 aromatic heterocycles. The molecular formula is C15H26N4O2. The van der Waals surface area contributed by atoms with Crippen LogP contribution >= 0.6 is 0 Å². The summed E-state index contributed by atoms with van der Waals surface area (Å²) in [4.78, 5) is 16.5. The molecule has 6 heteroatoms. The molecule has 0 radical (unpaired) electrons. The van der Waals surface area contributed by atoms with E-state index in [9.17, 15) is 4.79 Å². The number of benzene rings is 1. The Balaban J connectivity index is 2.77. The number of nitrogens with two attached hydrogens (primary N) is 2. The Morgan fingerprint density at radius 2 is 1.90 bits per heavy atom. The first-order valence-electron chi connectivity index (χ1n) is 7.03. The summed E-state index contributed by atoms with van der Waals surface area (Å²) in [5, 5.41) is 0. The van der Waals surface area contributed by atoms with Crippen molar-refractivity contribution in [3.05, 3.63) is 23.8 Å². The standard InChI is InChI=1S/C15H26N4O2/c1-18(2)7-4-8-19(9-10-21-3)15(20)13-6-5-12(16)11-14(13)17/h5-6,11H,4,7-10,16-17H2,1-3H3. The van der Waals surface area contributed by atoms with Gasteiger partial charge in [0, 0.05) is 31.6 Å². The van der Waals surface area contributed by atoms with E-state index in [-0.39, 0.29) is 5.91 Å². The van der Waals surface area contributed by atoms with Crippen LogP contribution in [0.25, 0.3) is 0 Å². The number of anilines is 2. The first-order chi connectivity index (χ1) is 9.95. The summed E-state index contributed by atoms with van der Waals surface area (Å²) < 4.78 is 5.08. The summed E-state index contributed by atoms with van der Waals surface area (Å²) in [6.07, 6.45) is 0.900. The Morgan fingerprint density at radius 3 is 2.48 bits per heavy atom. The van der Waals surface area contributed by atoms with Gasteiger partial charge in [-0.1, -0.05) is 0 Å². The third-order valence-corrected chi connectivity index (χ3v) is 3.19. The van der Waals surface area contributed by atoms with E-state index in [0.717, 1.165) is 13.0 Å². The zero-order valence-corrected chi connectivity index (χ0v) is 13.1. The number of hydrogen-bond donors (Lipinski definition) is 2. The molecule has 118 valence electrons. The summed E-state index contributed by atoms with van der Waals surface area (Å²) in [7, 11) is 5.65. The number of amides is 1. The molecular weight excluding hydrogens is 268 g/mol. The number of nitrogens with zero attached hydrogens (tertiary/aromatic N) is 2. The van der Waals surface area contributed by atoms with Gasteiger partial charge in [-0.3, -0.25) is 4.79 Å². The van der Waals surface area contributed by atoms with Crippen molar-refractivity contribution < 1.29 is 9.53 Å². The van der Waals surface area contributed by atoms with E-state index in [2.05, 4.69) is 4.90 Å². The molecule has 0 saturated carbocycles. The van der Waals surface area contributed by atoms with Crippen molar-refractivity contribution in [3.63, 3.8) is 0 Å². The highest BCUT2D eigenvalue weighted by Crippen LogP contribution is 2.18. The normalized spacial score (nSPS) is 10.9. The van der Waals surface area contributed by atoms with E-state index < -0.39 is 0 Å². The highest BCUT2D eigenvalue weighted by molar-refractivity contribution is 5.99. The van der Waals surface area contributed by atoms with Gasteiger partial charge < -0.3 is 26.0 Å². The molecule has 1 amide bonds. The Hall–Kier alpha value is -1.79. The molecule has 1 rings (SSSR count). The molecule has 1 aromatic carbocycles. The van der Waals surface area contributed by atoms with E-state index in [4.69, 9.17) is 16.2 Å². The van der Waals surface area contributed by atoms with E-state index in [1.54, 1.807) is 30.2 Å². The largest absolute Gasteiger partial charge is 0.399 e. The van der Waals surface area contributed by atoms with Gasteiger partial charge in [-0.05, 0) is 45.3 Å². The fraction of sp³-hybridized carbons (Fsp3) is 0.533. The van der Waals surface area contributed by atoms with Gasteiger partial charge >= 0.3 is 0 Å². The molecule has 0 atom stereocenters. The summed E-state index contributed by atoms with van der Waals surface area (Å²) in [6.45, 7) is 2.65. The number of nitrogen functional groups attached to an aromatic ring is 2. The van der Waals surface area contributed by atoms with Crippen LogP contribution in [-0.2, 0) is 4.74 Å². The number of hydrogen-bond acceptors (Lipinski definition) is 5. The Bertz CT molecular complexity index is 463. The summed E-state index contributed by atoms with van der Waals surface area (Å²) in [5.41, 5.74) is 13.0. The Kier molecular flexibility index (Phi) is 6.98. The Labute approximate surface area is 126 Å². The van der Waals surface area contributed by atoms with Gasteiger partial charge in [0.05, 0.1) is 12.2 Å². The third kappa shape index (κ3) is 5.61. The molecule has 0 aliphatic carbocycles. The molecule has 0 aliphatic rings. The lowest BCUT2D eigenvalue weighted by Gasteiger charge is -2.24. The minimum atomic E-state index is -0.0803. The minimum absolute atomic E-state index is 0.0803. The van der Waals surface area contributed by atoms with E-state index in [1.807, 2.05) is 14.1 Å². The van der Waals surface area contributed by atoms with E-state index in [1.165, 1.54) is 0 Å². The van der Waals surface area contributed by atoms with Crippen molar-refractivity contribution in [1.82, 2.24) is 9.80 Å².